The van der Waals surface area contributed by atoms with E-state index in [0.29, 0.717) is 18.9 Å². The maximum Gasteiger partial charge on any atom is 0.333 e. The minimum Gasteiger partial charge on any atom is -0.378 e. The molecule has 0 aliphatic carbocycles. The van der Waals surface area contributed by atoms with Crippen LogP contribution in [-0.2, 0) is 14.8 Å². The number of morpholine rings is 1. The van der Waals surface area contributed by atoms with Gasteiger partial charge in [0.2, 0.25) is 0 Å². The summed E-state index contributed by atoms with van der Waals surface area (Å²) in [6.07, 6.45) is 0. The maximum absolute atomic E-state index is 12.3. The summed E-state index contributed by atoms with van der Waals surface area (Å²) < 4.78 is 31.9. The number of carbonyl (C=O) groups is 1. The molecule has 0 atom stereocenters. The minimum absolute atomic E-state index is 0.0420. The van der Waals surface area contributed by atoms with Gasteiger partial charge in [0, 0.05) is 24.5 Å². The number of amides is 2. The third-order valence-electron chi connectivity index (χ3n) is 4.04. The molecule has 7 nitrogen and oxygen atoms in total. The molecule has 2 aromatic carbocycles. The second-order valence-corrected chi connectivity index (χ2v) is 7.70. The lowest BCUT2D eigenvalue weighted by molar-refractivity contribution is 0.122. The van der Waals surface area contributed by atoms with E-state index in [4.69, 9.17) is 4.74 Å². The number of anilines is 2. The van der Waals surface area contributed by atoms with Gasteiger partial charge in [0.05, 0.1) is 18.1 Å². The van der Waals surface area contributed by atoms with Crippen LogP contribution in [0.5, 0.6) is 0 Å². The quantitative estimate of drug-likeness (QED) is 0.856. The third-order valence-corrected chi connectivity index (χ3v) is 5.39. The summed E-state index contributed by atoms with van der Waals surface area (Å²) in [5.74, 6) is 0. The van der Waals surface area contributed by atoms with E-state index in [1.807, 2.05) is 29.8 Å². The van der Waals surface area contributed by atoms with Crippen LogP contribution in [0.2, 0.25) is 0 Å². The summed E-state index contributed by atoms with van der Waals surface area (Å²) in [6, 6.07) is 12.8. The van der Waals surface area contributed by atoms with E-state index in [9.17, 15) is 13.2 Å². The molecule has 0 aromatic heterocycles. The van der Waals surface area contributed by atoms with Crippen LogP contribution >= 0.6 is 0 Å². The number of ether oxygens (including phenoxy) is 1. The normalized spacial score (nSPS) is 14.7. The Bertz CT molecular complexity index is 876. The highest BCUT2D eigenvalue weighted by Crippen LogP contribution is 2.20. The summed E-state index contributed by atoms with van der Waals surface area (Å²) in [5, 5.41) is 2.57. The Morgan fingerprint density at radius 1 is 1.08 bits per heavy atom. The number of carbonyl (C=O) groups excluding carboxylic acids is 1. The van der Waals surface area contributed by atoms with Crippen LogP contribution in [0.4, 0.5) is 16.2 Å². The molecule has 8 heteroatoms. The van der Waals surface area contributed by atoms with Gasteiger partial charge in [-0.3, -0.25) is 0 Å². The highest BCUT2D eigenvalue weighted by Gasteiger charge is 2.18. The number of hydrogen-bond donors (Lipinski definition) is 2. The molecule has 138 valence electrons. The van der Waals surface area contributed by atoms with E-state index in [1.165, 1.54) is 12.1 Å². The number of urea groups is 1. The molecule has 0 unspecified atom stereocenters. The lowest BCUT2D eigenvalue weighted by Crippen LogP contribution is -2.36. The molecule has 0 saturated carbocycles. The predicted molar refractivity (Wildman–Crippen MR) is 100.0 cm³/mol. The monoisotopic (exact) mass is 375 g/mol. The molecule has 0 spiro atoms. The fourth-order valence-electron chi connectivity index (χ4n) is 2.66. The zero-order valence-corrected chi connectivity index (χ0v) is 15.3. The number of aryl methyl sites for hydroxylation is 1. The lowest BCUT2D eigenvalue weighted by Gasteiger charge is -2.29. The molecule has 0 radical (unpaired) electrons. The zero-order valence-electron chi connectivity index (χ0n) is 14.4. The smallest absolute Gasteiger partial charge is 0.333 e. The second kappa shape index (κ2) is 7.76. The molecule has 2 N–H and O–H groups in total. The number of rotatable bonds is 4. The topological polar surface area (TPSA) is 87.7 Å². The van der Waals surface area contributed by atoms with Crippen molar-refractivity contribution >= 4 is 27.4 Å². The number of benzene rings is 2. The molecule has 0 bridgehead atoms. The number of nitrogens with one attached hydrogen (secondary N) is 2. The van der Waals surface area contributed by atoms with Crippen molar-refractivity contribution < 1.29 is 17.9 Å². The average molecular weight is 375 g/mol. The summed E-state index contributed by atoms with van der Waals surface area (Å²) in [7, 11) is -3.92. The van der Waals surface area contributed by atoms with E-state index in [-0.39, 0.29) is 4.90 Å². The molecule has 1 heterocycles. The maximum atomic E-state index is 12.3. The van der Waals surface area contributed by atoms with E-state index in [0.717, 1.165) is 24.3 Å². The standard InChI is InChI=1S/C18H21N3O4S/c1-14-5-7-17(8-6-14)26(23,24)20-18(22)19-15-3-2-4-16(13-15)21-9-11-25-12-10-21/h2-8,13H,9-12H2,1H3,(H2,19,20,22). The largest absolute Gasteiger partial charge is 0.378 e. The SMILES string of the molecule is Cc1ccc(S(=O)(=O)NC(=O)Nc2cccc(N3CCOCC3)c2)cc1. The van der Waals surface area contributed by atoms with Gasteiger partial charge in [0.1, 0.15) is 0 Å². The van der Waals surface area contributed by atoms with Crippen molar-refractivity contribution in [3.8, 4) is 0 Å². The highest BCUT2D eigenvalue weighted by molar-refractivity contribution is 7.90. The molecule has 1 saturated heterocycles. The molecular formula is C18H21N3O4S. The first-order valence-electron chi connectivity index (χ1n) is 8.27. The highest BCUT2D eigenvalue weighted by atomic mass is 32.2. The fourth-order valence-corrected chi connectivity index (χ4v) is 3.56. The predicted octanol–water partition coefficient (Wildman–Crippen LogP) is 2.34. The minimum atomic E-state index is -3.92. The van der Waals surface area contributed by atoms with Crippen LogP contribution in [0.25, 0.3) is 0 Å². The van der Waals surface area contributed by atoms with Crippen molar-refractivity contribution in [3.63, 3.8) is 0 Å². The van der Waals surface area contributed by atoms with Gasteiger partial charge in [0.15, 0.2) is 0 Å². The van der Waals surface area contributed by atoms with Crippen molar-refractivity contribution in [3.05, 3.63) is 54.1 Å². The molecule has 26 heavy (non-hydrogen) atoms. The number of sulfonamides is 1. The Morgan fingerprint density at radius 2 is 1.77 bits per heavy atom. The Kier molecular flexibility index (Phi) is 5.43. The Morgan fingerprint density at radius 3 is 2.46 bits per heavy atom. The van der Waals surface area contributed by atoms with Gasteiger partial charge in [-0.2, -0.15) is 0 Å². The third kappa shape index (κ3) is 4.53. The summed E-state index contributed by atoms with van der Waals surface area (Å²) in [4.78, 5) is 14.3. The first-order valence-corrected chi connectivity index (χ1v) is 9.76. The van der Waals surface area contributed by atoms with Gasteiger partial charge in [-0.05, 0) is 37.3 Å². The zero-order chi connectivity index (χ0) is 18.6. The first kappa shape index (κ1) is 18.2. The molecule has 2 amide bonds. The van der Waals surface area contributed by atoms with Gasteiger partial charge >= 0.3 is 6.03 Å². The van der Waals surface area contributed by atoms with Crippen molar-refractivity contribution in [2.45, 2.75) is 11.8 Å². The van der Waals surface area contributed by atoms with Crippen molar-refractivity contribution in [2.75, 3.05) is 36.5 Å². The van der Waals surface area contributed by atoms with Crippen molar-refractivity contribution in [1.82, 2.24) is 4.72 Å². The average Bonchev–Trinajstić information content (AvgIpc) is 2.62. The molecule has 3 rings (SSSR count). The van der Waals surface area contributed by atoms with Crippen LogP contribution in [0.15, 0.2) is 53.4 Å². The summed E-state index contributed by atoms with van der Waals surface area (Å²) in [6.45, 7) is 4.73. The lowest BCUT2D eigenvalue weighted by atomic mass is 10.2. The van der Waals surface area contributed by atoms with Crippen LogP contribution in [-0.4, -0.2) is 40.8 Å². The van der Waals surface area contributed by atoms with Crippen LogP contribution in [0, 0.1) is 6.92 Å². The number of hydrogen-bond acceptors (Lipinski definition) is 5. The number of nitrogens with zero attached hydrogens (tertiary/aromatic N) is 1. The van der Waals surface area contributed by atoms with E-state index in [1.54, 1.807) is 18.2 Å². The first-order chi connectivity index (χ1) is 12.4. The van der Waals surface area contributed by atoms with E-state index < -0.39 is 16.1 Å². The summed E-state index contributed by atoms with van der Waals surface area (Å²) in [5.41, 5.74) is 2.41. The fraction of sp³-hybridized carbons (Fsp3) is 0.278. The molecular weight excluding hydrogens is 354 g/mol. The van der Waals surface area contributed by atoms with E-state index >= 15 is 0 Å². The molecule has 2 aromatic rings. The van der Waals surface area contributed by atoms with Crippen LogP contribution < -0.4 is 14.9 Å². The van der Waals surface area contributed by atoms with Gasteiger partial charge in [-0.15, -0.1) is 0 Å². The van der Waals surface area contributed by atoms with E-state index in [2.05, 4.69) is 10.2 Å². The molecule has 1 aliphatic rings. The second-order valence-electron chi connectivity index (χ2n) is 6.02. The Labute approximate surface area is 153 Å². The van der Waals surface area contributed by atoms with Gasteiger partial charge in [-0.25, -0.2) is 17.9 Å². The van der Waals surface area contributed by atoms with Crippen molar-refractivity contribution in [1.29, 1.82) is 0 Å². The van der Waals surface area contributed by atoms with Gasteiger partial charge in [-0.1, -0.05) is 23.8 Å². The van der Waals surface area contributed by atoms with Crippen LogP contribution in [0.1, 0.15) is 5.56 Å². The summed E-state index contributed by atoms with van der Waals surface area (Å²) >= 11 is 0. The Balaban J connectivity index is 1.67. The van der Waals surface area contributed by atoms with Crippen molar-refractivity contribution in [2.24, 2.45) is 0 Å². The van der Waals surface area contributed by atoms with Gasteiger partial charge < -0.3 is 15.0 Å². The Hall–Kier alpha value is -2.58. The molecule has 1 fully saturated rings. The van der Waals surface area contributed by atoms with Gasteiger partial charge in [0.25, 0.3) is 10.0 Å². The molecule has 1 aliphatic heterocycles. The van der Waals surface area contributed by atoms with Crippen LogP contribution in [0.3, 0.4) is 0 Å².